The van der Waals surface area contributed by atoms with E-state index in [0.717, 1.165) is 37.7 Å². The number of carbonyl (C=O) groups excluding carboxylic acids is 4. The first-order valence-corrected chi connectivity index (χ1v) is 14.6. The van der Waals surface area contributed by atoms with E-state index in [1.54, 1.807) is 41.3 Å². The number of aromatic hydroxyl groups is 1. The number of anilines is 1. The molecule has 4 amide bonds. The van der Waals surface area contributed by atoms with Gasteiger partial charge in [0.05, 0.1) is 28.9 Å². The van der Waals surface area contributed by atoms with Crippen molar-refractivity contribution >= 4 is 29.3 Å². The molecular formula is C33H34N2O5. The Labute approximate surface area is 233 Å². The van der Waals surface area contributed by atoms with Gasteiger partial charge in [0.15, 0.2) is 0 Å². The number of para-hydroxylation sites is 2. The number of amides is 4. The molecule has 2 saturated carbocycles. The molecule has 2 heterocycles. The molecule has 0 spiro atoms. The lowest BCUT2D eigenvalue weighted by Gasteiger charge is -2.49. The van der Waals surface area contributed by atoms with E-state index < -0.39 is 29.1 Å². The average Bonchev–Trinajstić information content (AvgIpc) is 3.34. The van der Waals surface area contributed by atoms with Crippen LogP contribution in [0.15, 0.2) is 66.2 Å². The van der Waals surface area contributed by atoms with Crippen LogP contribution in [-0.4, -0.2) is 39.7 Å². The van der Waals surface area contributed by atoms with Crippen molar-refractivity contribution in [2.45, 2.75) is 63.8 Å². The third-order valence-corrected chi connectivity index (χ3v) is 10.5. The molecule has 40 heavy (non-hydrogen) atoms. The summed E-state index contributed by atoms with van der Waals surface area (Å²) in [5, 5.41) is 11.0. The molecule has 4 fully saturated rings. The Morgan fingerprint density at radius 3 is 2.25 bits per heavy atom. The standard InChI is InChI=1S/C33H34N2O5/c1-33-25(30(38)35(32(33)40)20-12-6-3-7-13-20)18-24-21(28(33)22-14-8-9-15-26(22)36)16-17-23-27(24)31(39)34(29(23)37)19-10-4-2-5-11-19/h3,6-9,12-16,19,23-25,27-28,36H,2,4-5,10-11,17-18H2,1H3. The highest BCUT2D eigenvalue weighted by molar-refractivity contribution is 6.24. The lowest BCUT2D eigenvalue weighted by molar-refractivity contribution is -0.144. The summed E-state index contributed by atoms with van der Waals surface area (Å²) in [6.07, 6.45) is 7.67. The second-order valence-corrected chi connectivity index (χ2v) is 12.4. The lowest BCUT2D eigenvalue weighted by atomic mass is 9.51. The van der Waals surface area contributed by atoms with Crippen molar-refractivity contribution in [3.8, 4) is 5.75 Å². The molecule has 7 heteroatoms. The fraction of sp³-hybridized carbons (Fsp3) is 0.455. The number of hydrogen-bond acceptors (Lipinski definition) is 5. The van der Waals surface area contributed by atoms with Crippen LogP contribution in [0.5, 0.6) is 5.75 Å². The van der Waals surface area contributed by atoms with Gasteiger partial charge in [-0.25, -0.2) is 4.90 Å². The number of allylic oxidation sites excluding steroid dienone is 2. The summed E-state index contributed by atoms with van der Waals surface area (Å²) in [5.74, 6) is -3.30. The van der Waals surface area contributed by atoms with Crippen LogP contribution in [0.2, 0.25) is 0 Å². The number of nitrogens with zero attached hydrogens (tertiary/aromatic N) is 2. The average molecular weight is 539 g/mol. The normalized spacial score (nSPS) is 34.0. The molecule has 6 unspecified atom stereocenters. The number of phenols is 1. The van der Waals surface area contributed by atoms with Gasteiger partial charge in [-0.15, -0.1) is 0 Å². The van der Waals surface area contributed by atoms with Gasteiger partial charge in [-0.05, 0) is 56.7 Å². The molecule has 0 radical (unpaired) electrons. The van der Waals surface area contributed by atoms with Gasteiger partial charge in [0, 0.05) is 17.5 Å². The fourth-order valence-corrected chi connectivity index (χ4v) is 8.64. The molecule has 206 valence electrons. The molecule has 2 aromatic rings. The minimum atomic E-state index is -1.14. The molecule has 2 aliphatic heterocycles. The quantitative estimate of drug-likeness (QED) is 0.441. The monoisotopic (exact) mass is 538 g/mol. The van der Waals surface area contributed by atoms with Crippen LogP contribution in [0.3, 0.4) is 0 Å². The molecule has 0 aromatic heterocycles. The number of fused-ring (bicyclic) bond motifs is 4. The molecule has 0 bridgehead atoms. The summed E-state index contributed by atoms with van der Waals surface area (Å²) in [6, 6.07) is 15.9. The van der Waals surface area contributed by atoms with E-state index in [1.807, 2.05) is 31.2 Å². The summed E-state index contributed by atoms with van der Waals surface area (Å²) < 4.78 is 0. The van der Waals surface area contributed by atoms with Crippen molar-refractivity contribution in [2.75, 3.05) is 4.90 Å². The van der Waals surface area contributed by atoms with E-state index in [2.05, 4.69) is 0 Å². The number of likely N-dealkylation sites (tertiary alicyclic amines) is 1. The highest BCUT2D eigenvalue weighted by atomic mass is 16.3. The van der Waals surface area contributed by atoms with Crippen LogP contribution in [-0.2, 0) is 19.2 Å². The maximum absolute atomic E-state index is 14.3. The number of imide groups is 2. The third kappa shape index (κ3) is 3.36. The van der Waals surface area contributed by atoms with Gasteiger partial charge in [0.2, 0.25) is 23.6 Å². The third-order valence-electron chi connectivity index (χ3n) is 10.5. The van der Waals surface area contributed by atoms with Crippen molar-refractivity contribution in [3.63, 3.8) is 0 Å². The highest BCUT2D eigenvalue weighted by Gasteiger charge is 2.68. The maximum atomic E-state index is 14.3. The van der Waals surface area contributed by atoms with Crippen molar-refractivity contribution in [2.24, 2.45) is 29.1 Å². The Morgan fingerprint density at radius 2 is 1.52 bits per heavy atom. The first-order chi connectivity index (χ1) is 19.3. The van der Waals surface area contributed by atoms with Crippen molar-refractivity contribution < 1.29 is 24.3 Å². The maximum Gasteiger partial charge on any atom is 0.241 e. The van der Waals surface area contributed by atoms with E-state index in [0.29, 0.717) is 24.1 Å². The molecule has 6 atom stereocenters. The molecule has 2 saturated heterocycles. The first kappa shape index (κ1) is 25.2. The van der Waals surface area contributed by atoms with Gasteiger partial charge in [-0.3, -0.25) is 24.1 Å². The summed E-state index contributed by atoms with van der Waals surface area (Å²) in [7, 11) is 0. The lowest BCUT2D eigenvalue weighted by Crippen LogP contribution is -2.49. The van der Waals surface area contributed by atoms with E-state index in [-0.39, 0.29) is 41.3 Å². The Balaban J connectivity index is 1.35. The summed E-state index contributed by atoms with van der Waals surface area (Å²) >= 11 is 0. The van der Waals surface area contributed by atoms with Gasteiger partial charge in [0.1, 0.15) is 5.75 Å². The molecule has 7 nitrogen and oxygen atoms in total. The molecule has 5 aliphatic rings. The predicted octanol–water partition coefficient (Wildman–Crippen LogP) is 4.96. The number of phenolic OH excluding ortho intramolecular Hbond substituents is 1. The SMILES string of the molecule is CC12C(=O)N(c3ccccc3)C(=O)C1CC1C(=CCC3C(=O)N(C4CCCCC4)C(=O)C31)C2c1ccccc1O. The van der Waals surface area contributed by atoms with Crippen LogP contribution in [0, 0.1) is 29.1 Å². The molecular weight excluding hydrogens is 504 g/mol. The largest absolute Gasteiger partial charge is 0.508 e. The van der Waals surface area contributed by atoms with Crippen LogP contribution in [0.4, 0.5) is 5.69 Å². The highest BCUT2D eigenvalue weighted by Crippen LogP contribution is 2.64. The van der Waals surface area contributed by atoms with Crippen LogP contribution in [0.1, 0.15) is 63.4 Å². The van der Waals surface area contributed by atoms with E-state index in [4.69, 9.17) is 0 Å². The Bertz CT molecular complexity index is 1440. The summed E-state index contributed by atoms with van der Waals surface area (Å²) in [4.78, 5) is 59.0. The second kappa shape index (κ2) is 9.15. The summed E-state index contributed by atoms with van der Waals surface area (Å²) in [5.41, 5.74) is 0.871. The molecule has 3 aliphatic carbocycles. The Kier molecular flexibility index (Phi) is 5.77. The van der Waals surface area contributed by atoms with Crippen LogP contribution in [0.25, 0.3) is 0 Å². The number of hydrogen-bond donors (Lipinski definition) is 1. The zero-order chi connectivity index (χ0) is 27.8. The van der Waals surface area contributed by atoms with Crippen LogP contribution < -0.4 is 4.90 Å². The Hall–Kier alpha value is -3.74. The number of rotatable bonds is 3. The second-order valence-electron chi connectivity index (χ2n) is 12.4. The minimum Gasteiger partial charge on any atom is -0.508 e. The fourth-order valence-electron chi connectivity index (χ4n) is 8.64. The van der Waals surface area contributed by atoms with Crippen molar-refractivity contribution in [1.82, 2.24) is 4.90 Å². The number of benzene rings is 2. The van der Waals surface area contributed by atoms with Crippen molar-refractivity contribution in [3.05, 3.63) is 71.8 Å². The molecule has 1 N–H and O–H groups in total. The van der Waals surface area contributed by atoms with E-state index >= 15 is 0 Å². The molecule has 7 rings (SSSR count). The van der Waals surface area contributed by atoms with Gasteiger partial charge >= 0.3 is 0 Å². The van der Waals surface area contributed by atoms with Gasteiger partial charge in [-0.1, -0.05) is 67.3 Å². The zero-order valence-electron chi connectivity index (χ0n) is 22.7. The first-order valence-electron chi connectivity index (χ1n) is 14.6. The Morgan fingerprint density at radius 1 is 0.825 bits per heavy atom. The van der Waals surface area contributed by atoms with Gasteiger partial charge in [0.25, 0.3) is 0 Å². The number of carbonyl (C=O) groups is 4. The van der Waals surface area contributed by atoms with Crippen molar-refractivity contribution in [1.29, 1.82) is 0 Å². The topological polar surface area (TPSA) is 95.0 Å². The predicted molar refractivity (Wildman–Crippen MR) is 148 cm³/mol. The van der Waals surface area contributed by atoms with Gasteiger partial charge in [-0.2, -0.15) is 0 Å². The van der Waals surface area contributed by atoms with E-state index in [9.17, 15) is 24.3 Å². The van der Waals surface area contributed by atoms with Crippen LogP contribution >= 0.6 is 0 Å². The summed E-state index contributed by atoms with van der Waals surface area (Å²) in [6.45, 7) is 1.84. The zero-order valence-corrected chi connectivity index (χ0v) is 22.7. The smallest absolute Gasteiger partial charge is 0.241 e. The molecule has 2 aromatic carbocycles. The minimum absolute atomic E-state index is 0.0473. The van der Waals surface area contributed by atoms with Gasteiger partial charge < -0.3 is 5.11 Å². The van der Waals surface area contributed by atoms with E-state index in [1.165, 1.54) is 4.90 Å².